The zero-order chi connectivity index (χ0) is 15.9. The molecule has 0 fully saturated rings. The zero-order valence-electron chi connectivity index (χ0n) is 12.8. The van der Waals surface area contributed by atoms with Crippen LogP contribution in [0.15, 0.2) is 48.5 Å². The Labute approximate surface area is 138 Å². The maximum atomic E-state index is 4.66. The SMILES string of the molecule is C1=Cc2cc3ccc([nH]3)c3nc(ccc4ccc(cc1n2)[nH]4)C=C3. The lowest BCUT2D eigenvalue weighted by atomic mass is 10.3. The molecule has 3 aromatic heterocycles. The number of H-pyrrole nitrogens is 2. The highest BCUT2D eigenvalue weighted by molar-refractivity contribution is 5.81. The number of rotatable bonds is 0. The lowest BCUT2D eigenvalue weighted by Gasteiger charge is -1.86. The summed E-state index contributed by atoms with van der Waals surface area (Å²) in [5.41, 5.74) is 7.86. The van der Waals surface area contributed by atoms with Crippen molar-refractivity contribution in [1.29, 1.82) is 0 Å². The van der Waals surface area contributed by atoms with Gasteiger partial charge in [-0.05, 0) is 72.8 Å². The van der Waals surface area contributed by atoms with E-state index in [-0.39, 0.29) is 0 Å². The highest BCUT2D eigenvalue weighted by Gasteiger charge is 2.02. The average molecular weight is 310 g/mol. The molecule has 3 aromatic rings. The average Bonchev–Trinajstić information content (AvgIpc) is 3.32. The summed E-state index contributed by atoms with van der Waals surface area (Å²) >= 11 is 0. The van der Waals surface area contributed by atoms with Gasteiger partial charge >= 0.3 is 0 Å². The minimum Gasteiger partial charge on any atom is -0.355 e. The van der Waals surface area contributed by atoms with Crippen LogP contribution in [0.5, 0.6) is 0 Å². The van der Waals surface area contributed by atoms with Crippen LogP contribution in [0.3, 0.4) is 0 Å². The molecule has 0 atom stereocenters. The minimum absolute atomic E-state index is 0.935. The summed E-state index contributed by atoms with van der Waals surface area (Å²) in [6.45, 7) is 0. The second kappa shape index (κ2) is 5.06. The Hall–Kier alpha value is -3.40. The molecule has 0 saturated carbocycles. The zero-order valence-corrected chi connectivity index (χ0v) is 12.8. The van der Waals surface area contributed by atoms with Gasteiger partial charge in [-0.25, -0.2) is 9.97 Å². The van der Waals surface area contributed by atoms with E-state index in [2.05, 4.69) is 32.1 Å². The van der Waals surface area contributed by atoms with Gasteiger partial charge in [0.2, 0.25) is 0 Å². The molecular weight excluding hydrogens is 296 g/mol. The Morgan fingerprint density at radius 1 is 0.542 bits per heavy atom. The van der Waals surface area contributed by atoms with Crippen molar-refractivity contribution in [2.45, 2.75) is 0 Å². The van der Waals surface area contributed by atoms with Crippen LogP contribution in [-0.4, -0.2) is 19.9 Å². The van der Waals surface area contributed by atoms with E-state index < -0.39 is 0 Å². The van der Waals surface area contributed by atoms with E-state index >= 15 is 0 Å². The minimum atomic E-state index is 0.935. The highest BCUT2D eigenvalue weighted by Crippen LogP contribution is 2.18. The summed E-state index contributed by atoms with van der Waals surface area (Å²) in [6.07, 6.45) is 8.09. The molecule has 0 aromatic carbocycles. The van der Waals surface area contributed by atoms with Gasteiger partial charge in [0, 0.05) is 16.6 Å². The fourth-order valence-electron chi connectivity index (χ4n) is 2.93. The van der Waals surface area contributed by atoms with Gasteiger partial charge in [0.15, 0.2) is 0 Å². The van der Waals surface area contributed by atoms with Crippen LogP contribution in [0.25, 0.3) is 46.4 Å². The smallest absolute Gasteiger partial charge is 0.0872 e. The summed E-state index contributed by atoms with van der Waals surface area (Å²) in [4.78, 5) is 16.0. The summed E-state index contributed by atoms with van der Waals surface area (Å²) in [6, 6.07) is 16.3. The normalized spacial score (nSPS) is 12.7. The molecule has 5 rings (SSSR count). The van der Waals surface area contributed by atoms with Crippen LogP contribution in [0.2, 0.25) is 0 Å². The van der Waals surface area contributed by atoms with Gasteiger partial charge in [-0.2, -0.15) is 0 Å². The number of nitrogens with zero attached hydrogens (tertiary/aromatic N) is 2. The van der Waals surface area contributed by atoms with Gasteiger partial charge < -0.3 is 9.97 Å². The number of aromatic nitrogens is 4. The van der Waals surface area contributed by atoms with E-state index in [1.54, 1.807) is 0 Å². The molecule has 2 aliphatic rings. The summed E-state index contributed by atoms with van der Waals surface area (Å²) < 4.78 is 0. The van der Waals surface area contributed by atoms with Crippen molar-refractivity contribution in [3.8, 4) is 0 Å². The first-order valence-corrected chi connectivity index (χ1v) is 7.85. The predicted molar refractivity (Wildman–Crippen MR) is 98.9 cm³/mol. The molecule has 0 aliphatic carbocycles. The molecule has 4 nitrogen and oxygen atoms in total. The van der Waals surface area contributed by atoms with Gasteiger partial charge in [0.1, 0.15) is 0 Å². The number of hydrogen-bond donors (Lipinski definition) is 2. The standard InChI is InChI=1S/C20H14N4/c1-2-14-7-9-19(23-14)20-10-8-18(24-20)12-17-6-5-16(22-17)11-15-4-3-13(1)21-15/h1-12,21,24H. The number of fused-ring (bicyclic) bond motifs is 9. The first-order chi connectivity index (χ1) is 11.8. The molecule has 0 unspecified atom stereocenters. The summed E-state index contributed by atoms with van der Waals surface area (Å²) in [5.74, 6) is 0. The van der Waals surface area contributed by atoms with Crippen LogP contribution in [0, 0.1) is 0 Å². The first-order valence-electron chi connectivity index (χ1n) is 7.85. The molecule has 8 bridgehead atoms. The molecule has 0 saturated heterocycles. The topological polar surface area (TPSA) is 57.4 Å². The lowest BCUT2D eigenvalue weighted by Crippen LogP contribution is -1.76. The molecule has 0 radical (unpaired) electrons. The summed E-state index contributed by atoms with van der Waals surface area (Å²) in [5, 5.41) is 0. The number of aromatic amines is 2. The van der Waals surface area contributed by atoms with Gasteiger partial charge in [0.25, 0.3) is 0 Å². The molecule has 114 valence electrons. The molecule has 24 heavy (non-hydrogen) atoms. The lowest BCUT2D eigenvalue weighted by molar-refractivity contribution is 1.31. The molecule has 0 amide bonds. The van der Waals surface area contributed by atoms with Crippen molar-refractivity contribution in [1.82, 2.24) is 19.9 Å². The van der Waals surface area contributed by atoms with E-state index in [0.717, 1.165) is 44.8 Å². The van der Waals surface area contributed by atoms with Gasteiger partial charge in [0.05, 0.1) is 28.3 Å². The van der Waals surface area contributed by atoms with Crippen molar-refractivity contribution in [3.05, 3.63) is 71.3 Å². The monoisotopic (exact) mass is 310 g/mol. The molecule has 0 spiro atoms. The Balaban J connectivity index is 1.86. The van der Waals surface area contributed by atoms with Crippen LogP contribution in [0.1, 0.15) is 22.8 Å². The van der Waals surface area contributed by atoms with E-state index in [9.17, 15) is 0 Å². The highest BCUT2D eigenvalue weighted by atomic mass is 14.8. The second-order valence-electron chi connectivity index (χ2n) is 5.87. The van der Waals surface area contributed by atoms with E-state index in [1.165, 1.54) is 0 Å². The third-order valence-corrected chi connectivity index (χ3v) is 4.10. The Morgan fingerprint density at radius 2 is 1.21 bits per heavy atom. The van der Waals surface area contributed by atoms with Crippen LogP contribution in [0.4, 0.5) is 0 Å². The fourth-order valence-corrected chi connectivity index (χ4v) is 2.93. The molecule has 2 aliphatic heterocycles. The Bertz CT molecular complexity index is 1160. The van der Waals surface area contributed by atoms with Gasteiger partial charge in [-0.15, -0.1) is 0 Å². The first kappa shape index (κ1) is 13.1. The van der Waals surface area contributed by atoms with Crippen molar-refractivity contribution in [2.24, 2.45) is 0 Å². The Morgan fingerprint density at radius 3 is 2.08 bits per heavy atom. The Kier molecular flexibility index (Phi) is 2.76. The maximum Gasteiger partial charge on any atom is 0.0872 e. The van der Waals surface area contributed by atoms with E-state index in [0.29, 0.717) is 0 Å². The van der Waals surface area contributed by atoms with E-state index in [1.807, 2.05) is 60.7 Å². The van der Waals surface area contributed by atoms with Gasteiger partial charge in [-0.1, -0.05) is 0 Å². The van der Waals surface area contributed by atoms with Crippen molar-refractivity contribution >= 4 is 46.4 Å². The van der Waals surface area contributed by atoms with Gasteiger partial charge in [-0.3, -0.25) is 0 Å². The molecular formula is C20H14N4. The fraction of sp³-hybridized carbons (Fsp3) is 0. The molecule has 2 N–H and O–H groups in total. The predicted octanol–water partition coefficient (Wildman–Crippen LogP) is 4.66. The quantitative estimate of drug-likeness (QED) is 0.437. The largest absolute Gasteiger partial charge is 0.355 e. The number of hydrogen-bond acceptors (Lipinski definition) is 2. The summed E-state index contributed by atoms with van der Waals surface area (Å²) in [7, 11) is 0. The van der Waals surface area contributed by atoms with Crippen LogP contribution in [-0.2, 0) is 0 Å². The molecule has 5 heterocycles. The van der Waals surface area contributed by atoms with E-state index in [4.69, 9.17) is 0 Å². The van der Waals surface area contributed by atoms with Crippen LogP contribution >= 0.6 is 0 Å². The van der Waals surface area contributed by atoms with Crippen molar-refractivity contribution < 1.29 is 0 Å². The van der Waals surface area contributed by atoms with Crippen LogP contribution < -0.4 is 0 Å². The van der Waals surface area contributed by atoms with Crippen molar-refractivity contribution in [3.63, 3.8) is 0 Å². The maximum absolute atomic E-state index is 4.66. The molecule has 4 heteroatoms. The van der Waals surface area contributed by atoms with Crippen molar-refractivity contribution in [2.75, 3.05) is 0 Å². The third-order valence-electron chi connectivity index (χ3n) is 4.10. The number of nitrogens with one attached hydrogen (secondary N) is 2. The second-order valence-corrected chi connectivity index (χ2v) is 5.87. The third kappa shape index (κ3) is 2.34.